The Morgan fingerprint density at radius 1 is 1.64 bits per heavy atom. The summed E-state index contributed by atoms with van der Waals surface area (Å²) >= 11 is 7.58. The molecule has 0 atom stereocenters. The van der Waals surface area contributed by atoms with Crippen LogP contribution in [0.5, 0.6) is 0 Å². The van der Waals surface area contributed by atoms with Crippen molar-refractivity contribution in [3.05, 3.63) is 32.4 Å². The number of rotatable bonds is 2. The van der Waals surface area contributed by atoms with E-state index in [4.69, 9.17) is 16.9 Å². The van der Waals surface area contributed by atoms with Crippen molar-refractivity contribution < 1.29 is 4.79 Å². The van der Waals surface area contributed by atoms with E-state index in [1.54, 1.807) is 6.07 Å². The average Bonchev–Trinajstić information content (AvgIpc) is 2.20. The van der Waals surface area contributed by atoms with Crippen LogP contribution in [-0.2, 0) is 0 Å². The number of ketones is 1. The molecule has 0 aromatic heterocycles. The largest absolute Gasteiger partial charge is 0.293 e. The number of nitrogens with zero attached hydrogens (tertiary/aromatic N) is 1. The molecule has 1 aromatic rings. The zero-order valence-corrected chi connectivity index (χ0v) is 10.4. The summed E-state index contributed by atoms with van der Waals surface area (Å²) in [5, 5.41) is 8.92. The molecule has 4 heteroatoms. The molecule has 0 aliphatic heterocycles. The number of benzene rings is 1. The molecule has 2 nitrogen and oxygen atoms in total. The second-order valence-electron chi connectivity index (χ2n) is 2.76. The van der Waals surface area contributed by atoms with E-state index in [1.165, 1.54) is 0 Å². The van der Waals surface area contributed by atoms with E-state index < -0.39 is 0 Å². The summed E-state index contributed by atoms with van der Waals surface area (Å²) in [5.74, 6) is -0.294. The summed E-state index contributed by atoms with van der Waals surface area (Å²) in [6.45, 7) is 1.82. The van der Waals surface area contributed by atoms with Gasteiger partial charge in [0.1, 0.15) is 6.07 Å². The van der Waals surface area contributed by atoms with Crippen LogP contribution < -0.4 is 0 Å². The molecule has 0 radical (unpaired) electrons. The molecule has 0 spiro atoms. The van der Waals surface area contributed by atoms with E-state index in [-0.39, 0.29) is 11.7 Å². The number of Topliss-reactive ketones (excluding diaryl/α,β-unsaturated/α-hetero) is 1. The lowest BCUT2D eigenvalue weighted by Crippen LogP contribution is -2.05. The Hall–Kier alpha value is -0.600. The second kappa shape index (κ2) is 4.76. The Balaban J connectivity index is 3.40. The van der Waals surface area contributed by atoms with E-state index in [9.17, 15) is 4.79 Å². The van der Waals surface area contributed by atoms with Crippen LogP contribution in [0.3, 0.4) is 0 Å². The third-order valence-electron chi connectivity index (χ3n) is 1.93. The summed E-state index contributed by atoms with van der Waals surface area (Å²) in [4.78, 5) is 11.4. The van der Waals surface area contributed by atoms with Crippen molar-refractivity contribution in [2.75, 3.05) is 5.88 Å². The third-order valence-corrected chi connectivity index (χ3v) is 3.34. The number of carbonyl (C=O) groups excluding carboxylic acids is 1. The molecule has 1 aromatic carbocycles. The van der Waals surface area contributed by atoms with E-state index in [1.807, 2.05) is 19.1 Å². The Labute approximate surface area is 101 Å². The molecule has 0 saturated carbocycles. The Morgan fingerprint density at radius 3 is 2.79 bits per heavy atom. The Bertz CT molecular complexity index is 423. The maximum Gasteiger partial charge on any atom is 0.178 e. The van der Waals surface area contributed by atoms with Crippen molar-refractivity contribution in [2.45, 2.75) is 6.92 Å². The van der Waals surface area contributed by atoms with Gasteiger partial charge in [-0.05, 0) is 47.2 Å². The smallest absolute Gasteiger partial charge is 0.178 e. The van der Waals surface area contributed by atoms with E-state index in [2.05, 4.69) is 22.6 Å². The van der Waals surface area contributed by atoms with Crippen LogP contribution in [0.4, 0.5) is 0 Å². The van der Waals surface area contributed by atoms with Gasteiger partial charge in [0.05, 0.1) is 11.4 Å². The molecular weight excluding hydrogens is 312 g/mol. The van der Waals surface area contributed by atoms with E-state index in [0.717, 1.165) is 9.13 Å². The lowest BCUT2D eigenvalue weighted by atomic mass is 10.0. The second-order valence-corrected chi connectivity index (χ2v) is 4.19. The molecule has 0 aliphatic carbocycles. The van der Waals surface area contributed by atoms with Gasteiger partial charge in [-0.15, -0.1) is 11.6 Å². The zero-order valence-electron chi connectivity index (χ0n) is 7.47. The van der Waals surface area contributed by atoms with Crippen molar-refractivity contribution in [3.63, 3.8) is 0 Å². The van der Waals surface area contributed by atoms with Crippen molar-refractivity contribution in [2.24, 2.45) is 0 Å². The van der Waals surface area contributed by atoms with Crippen LogP contribution in [0.1, 0.15) is 21.5 Å². The average molecular weight is 320 g/mol. The number of alkyl halides is 1. The minimum atomic E-state index is -0.206. The standard InChI is InChI=1S/C10H7ClINO/c1-6-8(5-13)7(10(14)4-11)2-3-9(6)12/h2-3H,4H2,1H3. The first kappa shape index (κ1) is 11.5. The molecule has 1 rings (SSSR count). The van der Waals surface area contributed by atoms with Crippen molar-refractivity contribution >= 4 is 40.0 Å². The van der Waals surface area contributed by atoms with Crippen molar-refractivity contribution in [3.8, 4) is 6.07 Å². The molecule has 0 amide bonds. The first-order chi connectivity index (χ1) is 6.61. The molecule has 72 valence electrons. The number of halogens is 2. The summed E-state index contributed by atoms with van der Waals surface area (Å²) < 4.78 is 0.977. The highest BCUT2D eigenvalue weighted by Crippen LogP contribution is 2.20. The summed E-state index contributed by atoms with van der Waals surface area (Å²) in [6.07, 6.45) is 0. The molecule has 0 saturated heterocycles. The predicted molar refractivity (Wildman–Crippen MR) is 63.7 cm³/mol. The number of carbonyl (C=O) groups is 1. The van der Waals surface area contributed by atoms with Gasteiger partial charge in [0.15, 0.2) is 5.78 Å². The zero-order chi connectivity index (χ0) is 10.7. The minimum absolute atomic E-state index is 0.0886. The van der Waals surface area contributed by atoms with Gasteiger partial charge in [-0.2, -0.15) is 5.26 Å². The third kappa shape index (κ3) is 2.07. The molecule has 0 N–H and O–H groups in total. The predicted octanol–water partition coefficient (Wildman–Crippen LogP) is 2.89. The van der Waals surface area contributed by atoms with Crippen molar-refractivity contribution in [1.29, 1.82) is 5.26 Å². The van der Waals surface area contributed by atoms with Crippen LogP contribution in [-0.4, -0.2) is 11.7 Å². The molecule has 0 bridgehead atoms. The first-order valence-electron chi connectivity index (χ1n) is 3.90. The van der Waals surface area contributed by atoms with Gasteiger partial charge >= 0.3 is 0 Å². The quantitative estimate of drug-likeness (QED) is 0.478. The van der Waals surface area contributed by atoms with Crippen LogP contribution in [0.25, 0.3) is 0 Å². The van der Waals surface area contributed by atoms with Gasteiger partial charge in [0.2, 0.25) is 0 Å². The van der Waals surface area contributed by atoms with E-state index in [0.29, 0.717) is 11.1 Å². The minimum Gasteiger partial charge on any atom is -0.293 e. The fraction of sp³-hybridized carbons (Fsp3) is 0.200. The monoisotopic (exact) mass is 319 g/mol. The van der Waals surface area contributed by atoms with Crippen LogP contribution in [0.2, 0.25) is 0 Å². The molecule has 14 heavy (non-hydrogen) atoms. The number of hydrogen-bond acceptors (Lipinski definition) is 2. The normalized spacial score (nSPS) is 9.57. The number of nitriles is 1. The highest BCUT2D eigenvalue weighted by Gasteiger charge is 2.13. The van der Waals surface area contributed by atoms with E-state index >= 15 is 0 Å². The molecule has 0 unspecified atom stereocenters. The lowest BCUT2D eigenvalue weighted by Gasteiger charge is -2.05. The van der Waals surface area contributed by atoms with Gasteiger partial charge in [0.25, 0.3) is 0 Å². The van der Waals surface area contributed by atoms with Crippen LogP contribution in [0, 0.1) is 21.8 Å². The highest BCUT2D eigenvalue weighted by molar-refractivity contribution is 14.1. The summed E-state index contributed by atoms with van der Waals surface area (Å²) in [7, 11) is 0. The Morgan fingerprint density at radius 2 is 2.29 bits per heavy atom. The maximum absolute atomic E-state index is 11.4. The number of hydrogen-bond donors (Lipinski definition) is 0. The van der Waals surface area contributed by atoms with Gasteiger partial charge in [-0.25, -0.2) is 0 Å². The van der Waals surface area contributed by atoms with Gasteiger partial charge in [-0.1, -0.05) is 0 Å². The fourth-order valence-electron chi connectivity index (χ4n) is 1.13. The lowest BCUT2D eigenvalue weighted by molar-refractivity contribution is 0.102. The first-order valence-corrected chi connectivity index (χ1v) is 5.51. The summed E-state index contributed by atoms with van der Waals surface area (Å²) in [6, 6.07) is 5.50. The van der Waals surface area contributed by atoms with Gasteiger partial charge in [-0.3, -0.25) is 4.79 Å². The maximum atomic E-state index is 11.4. The Kier molecular flexibility index (Phi) is 3.90. The van der Waals surface area contributed by atoms with Crippen LogP contribution in [0.15, 0.2) is 12.1 Å². The fourth-order valence-corrected chi connectivity index (χ4v) is 1.73. The van der Waals surface area contributed by atoms with Crippen LogP contribution >= 0.6 is 34.2 Å². The molecule has 0 aliphatic rings. The SMILES string of the molecule is Cc1c(I)ccc(C(=O)CCl)c1C#N. The van der Waals surface area contributed by atoms with Crippen molar-refractivity contribution in [1.82, 2.24) is 0 Å². The molecule has 0 fully saturated rings. The molecular formula is C10H7ClINO. The molecule has 0 heterocycles. The highest BCUT2D eigenvalue weighted by atomic mass is 127. The van der Waals surface area contributed by atoms with Gasteiger partial charge in [0, 0.05) is 9.13 Å². The summed E-state index contributed by atoms with van der Waals surface area (Å²) in [5.41, 5.74) is 1.69. The van der Waals surface area contributed by atoms with Gasteiger partial charge < -0.3 is 0 Å². The topological polar surface area (TPSA) is 40.9 Å².